The fraction of sp³-hybridized carbons (Fsp3) is 1.00. The number of nitrogens with one attached hydrogen (secondary N) is 1. The van der Waals surface area contributed by atoms with E-state index < -0.39 is 0 Å². The Kier molecular flexibility index (Phi) is 5.67. The molecular weight excluding hydrogens is 234 g/mol. The highest BCUT2D eigenvalue weighted by Gasteiger charge is 2.25. The van der Waals surface area contributed by atoms with Crippen molar-refractivity contribution in [2.45, 2.75) is 52.1 Å². The molecule has 1 saturated heterocycles. The zero-order chi connectivity index (χ0) is 13.8. The molecule has 1 N–H and O–H groups in total. The average Bonchev–Trinajstić information content (AvgIpc) is 2.40. The van der Waals surface area contributed by atoms with Gasteiger partial charge in [0.1, 0.15) is 0 Å². The minimum atomic E-state index is 0.684. The molecule has 4 atom stereocenters. The highest BCUT2D eigenvalue weighted by atomic mass is 15.3. The molecular formula is C16H33N3. The van der Waals surface area contributed by atoms with E-state index in [0.29, 0.717) is 6.04 Å². The van der Waals surface area contributed by atoms with Crippen LogP contribution in [0.25, 0.3) is 0 Å². The van der Waals surface area contributed by atoms with Gasteiger partial charge in [-0.3, -0.25) is 4.90 Å². The van der Waals surface area contributed by atoms with Crippen LogP contribution in [0.15, 0.2) is 0 Å². The van der Waals surface area contributed by atoms with E-state index in [1.54, 1.807) is 0 Å². The third kappa shape index (κ3) is 4.44. The lowest BCUT2D eigenvalue weighted by Gasteiger charge is -2.38. The van der Waals surface area contributed by atoms with Crippen molar-refractivity contribution in [3.05, 3.63) is 0 Å². The van der Waals surface area contributed by atoms with Crippen molar-refractivity contribution in [2.75, 3.05) is 39.8 Å². The summed E-state index contributed by atoms with van der Waals surface area (Å²) in [5.74, 6) is 1.82. The largest absolute Gasteiger partial charge is 0.312 e. The van der Waals surface area contributed by atoms with Crippen molar-refractivity contribution in [2.24, 2.45) is 11.8 Å². The SMILES string of the molecule is C[C@@H]1CC[C@H](NC[C@@H](C)N2CCN(C)CC2)C[C@@H]1C. The fourth-order valence-corrected chi connectivity index (χ4v) is 3.46. The quantitative estimate of drug-likeness (QED) is 0.841. The Balaban J connectivity index is 1.67. The Labute approximate surface area is 119 Å². The predicted molar refractivity (Wildman–Crippen MR) is 82.5 cm³/mol. The van der Waals surface area contributed by atoms with Crippen LogP contribution >= 0.6 is 0 Å². The summed E-state index contributed by atoms with van der Waals surface area (Å²) in [5.41, 5.74) is 0. The molecule has 0 bridgehead atoms. The van der Waals surface area contributed by atoms with Gasteiger partial charge in [0.25, 0.3) is 0 Å². The predicted octanol–water partition coefficient (Wildman–Crippen LogP) is 2.04. The minimum Gasteiger partial charge on any atom is -0.312 e. The lowest BCUT2D eigenvalue weighted by Crippen LogP contribution is -2.52. The van der Waals surface area contributed by atoms with Crippen molar-refractivity contribution in [3.63, 3.8) is 0 Å². The maximum Gasteiger partial charge on any atom is 0.0193 e. The molecule has 0 radical (unpaired) electrons. The molecule has 0 amide bonds. The fourth-order valence-electron chi connectivity index (χ4n) is 3.46. The summed E-state index contributed by atoms with van der Waals surface area (Å²) in [5, 5.41) is 3.83. The van der Waals surface area contributed by atoms with Gasteiger partial charge in [-0.25, -0.2) is 0 Å². The Morgan fingerprint density at radius 3 is 2.37 bits per heavy atom. The van der Waals surface area contributed by atoms with Crippen LogP contribution in [0.5, 0.6) is 0 Å². The minimum absolute atomic E-state index is 0.684. The summed E-state index contributed by atoms with van der Waals surface area (Å²) in [6, 6.07) is 1.45. The van der Waals surface area contributed by atoms with Gasteiger partial charge in [0.2, 0.25) is 0 Å². The van der Waals surface area contributed by atoms with Gasteiger partial charge in [0.05, 0.1) is 0 Å². The van der Waals surface area contributed by atoms with Crippen molar-refractivity contribution in [3.8, 4) is 0 Å². The lowest BCUT2D eigenvalue weighted by atomic mass is 9.79. The third-order valence-electron chi connectivity index (χ3n) is 5.46. The van der Waals surface area contributed by atoms with Crippen LogP contribution in [0.2, 0.25) is 0 Å². The molecule has 1 aliphatic heterocycles. The standard InChI is InChI=1S/C16H33N3/c1-13-5-6-16(11-14(13)2)17-12-15(3)19-9-7-18(4)8-10-19/h13-17H,5-12H2,1-4H3/t13-,14+,15-,16+/m1/s1. The zero-order valence-electron chi connectivity index (χ0n) is 13.4. The summed E-state index contributed by atoms with van der Waals surface area (Å²) in [7, 11) is 2.23. The molecule has 3 nitrogen and oxygen atoms in total. The Morgan fingerprint density at radius 2 is 1.74 bits per heavy atom. The van der Waals surface area contributed by atoms with E-state index in [2.05, 4.69) is 42.9 Å². The van der Waals surface area contributed by atoms with Crippen molar-refractivity contribution >= 4 is 0 Å². The Morgan fingerprint density at radius 1 is 1.05 bits per heavy atom. The molecule has 0 aromatic rings. The maximum absolute atomic E-state index is 3.83. The Hall–Kier alpha value is -0.120. The average molecular weight is 267 g/mol. The molecule has 2 rings (SSSR count). The van der Waals surface area contributed by atoms with Crippen LogP contribution in [0.4, 0.5) is 0 Å². The number of nitrogens with zero attached hydrogens (tertiary/aromatic N) is 2. The highest BCUT2D eigenvalue weighted by molar-refractivity contribution is 4.82. The summed E-state index contributed by atoms with van der Waals surface area (Å²) < 4.78 is 0. The Bertz CT molecular complexity index is 261. The van der Waals surface area contributed by atoms with E-state index in [1.807, 2.05) is 0 Å². The van der Waals surface area contributed by atoms with Gasteiger partial charge in [-0.05, 0) is 45.1 Å². The van der Waals surface area contributed by atoms with Gasteiger partial charge in [-0.2, -0.15) is 0 Å². The molecule has 0 spiro atoms. The highest BCUT2D eigenvalue weighted by Crippen LogP contribution is 2.29. The van der Waals surface area contributed by atoms with E-state index in [4.69, 9.17) is 0 Å². The molecule has 1 heterocycles. The number of hydrogen-bond acceptors (Lipinski definition) is 3. The van der Waals surface area contributed by atoms with Gasteiger partial charge in [0.15, 0.2) is 0 Å². The van der Waals surface area contributed by atoms with Crippen LogP contribution in [-0.2, 0) is 0 Å². The van der Waals surface area contributed by atoms with Crippen LogP contribution in [0, 0.1) is 11.8 Å². The van der Waals surface area contributed by atoms with Gasteiger partial charge in [-0.1, -0.05) is 13.8 Å². The normalized spacial score (nSPS) is 36.3. The molecule has 19 heavy (non-hydrogen) atoms. The first-order valence-electron chi connectivity index (χ1n) is 8.22. The molecule has 3 heteroatoms. The van der Waals surface area contributed by atoms with Gasteiger partial charge in [0, 0.05) is 44.8 Å². The topological polar surface area (TPSA) is 18.5 Å². The van der Waals surface area contributed by atoms with Crippen molar-refractivity contribution in [1.29, 1.82) is 0 Å². The van der Waals surface area contributed by atoms with E-state index >= 15 is 0 Å². The smallest absolute Gasteiger partial charge is 0.0193 e. The molecule has 2 aliphatic rings. The first-order valence-corrected chi connectivity index (χ1v) is 8.22. The second-order valence-corrected chi connectivity index (χ2v) is 7.06. The van der Waals surface area contributed by atoms with Crippen LogP contribution in [-0.4, -0.2) is 61.7 Å². The van der Waals surface area contributed by atoms with E-state index in [0.717, 1.165) is 24.4 Å². The van der Waals surface area contributed by atoms with Crippen LogP contribution in [0.3, 0.4) is 0 Å². The summed E-state index contributed by atoms with van der Waals surface area (Å²) in [6.07, 6.45) is 4.15. The van der Waals surface area contributed by atoms with E-state index in [-0.39, 0.29) is 0 Å². The number of hydrogen-bond donors (Lipinski definition) is 1. The van der Waals surface area contributed by atoms with Crippen LogP contribution in [0.1, 0.15) is 40.0 Å². The maximum atomic E-state index is 3.83. The van der Waals surface area contributed by atoms with Crippen molar-refractivity contribution in [1.82, 2.24) is 15.1 Å². The van der Waals surface area contributed by atoms with Gasteiger partial charge >= 0.3 is 0 Å². The molecule has 2 fully saturated rings. The zero-order valence-corrected chi connectivity index (χ0v) is 13.4. The van der Waals surface area contributed by atoms with Gasteiger partial charge in [-0.15, -0.1) is 0 Å². The lowest BCUT2D eigenvalue weighted by molar-refractivity contribution is 0.113. The second kappa shape index (κ2) is 7.05. The van der Waals surface area contributed by atoms with Gasteiger partial charge < -0.3 is 10.2 Å². The van der Waals surface area contributed by atoms with Crippen LogP contribution < -0.4 is 5.32 Å². The van der Waals surface area contributed by atoms with E-state index in [1.165, 1.54) is 45.4 Å². The summed E-state index contributed by atoms with van der Waals surface area (Å²) in [6.45, 7) is 13.3. The first-order chi connectivity index (χ1) is 9.06. The third-order valence-corrected chi connectivity index (χ3v) is 5.46. The summed E-state index contributed by atoms with van der Waals surface area (Å²) >= 11 is 0. The molecule has 1 aliphatic carbocycles. The second-order valence-electron chi connectivity index (χ2n) is 7.06. The molecule has 0 aromatic heterocycles. The van der Waals surface area contributed by atoms with Crippen molar-refractivity contribution < 1.29 is 0 Å². The molecule has 0 aromatic carbocycles. The monoisotopic (exact) mass is 267 g/mol. The summed E-state index contributed by atoms with van der Waals surface area (Å²) in [4.78, 5) is 5.07. The molecule has 112 valence electrons. The molecule has 0 unspecified atom stereocenters. The number of rotatable bonds is 4. The number of likely N-dealkylation sites (N-methyl/N-ethyl adjacent to an activating group) is 1. The van der Waals surface area contributed by atoms with E-state index in [9.17, 15) is 0 Å². The first kappa shape index (κ1) is 15.3. The number of piperazine rings is 1. The molecule has 1 saturated carbocycles.